The van der Waals surface area contributed by atoms with E-state index in [1.54, 1.807) is 6.26 Å². The van der Waals surface area contributed by atoms with Gasteiger partial charge in [0.1, 0.15) is 5.76 Å². The van der Waals surface area contributed by atoms with Crippen molar-refractivity contribution in [2.75, 3.05) is 0 Å². The molecule has 0 saturated heterocycles. The lowest BCUT2D eigenvalue weighted by Gasteiger charge is -1.98. The summed E-state index contributed by atoms with van der Waals surface area (Å²) >= 11 is 4.60. The van der Waals surface area contributed by atoms with E-state index in [0.717, 1.165) is 11.5 Å². The van der Waals surface area contributed by atoms with Gasteiger partial charge in [-0.3, -0.25) is 5.43 Å². The van der Waals surface area contributed by atoms with Crippen molar-refractivity contribution >= 4 is 23.0 Å². The second-order valence-electron chi connectivity index (χ2n) is 2.58. The molecule has 0 saturated carbocycles. The molecule has 1 heterocycles. The summed E-state index contributed by atoms with van der Waals surface area (Å²) in [6, 6.07) is 3.73. The molecule has 0 atom stereocenters. The first kappa shape index (κ1) is 9.73. The Morgan fingerprint density at radius 3 is 3.08 bits per heavy atom. The fourth-order valence-corrected chi connectivity index (χ4v) is 0.901. The van der Waals surface area contributed by atoms with Crippen LogP contribution in [0.1, 0.15) is 12.7 Å². The SMILES string of the molecule is CC(Cc1ccco1)=NNC(N)=S. The van der Waals surface area contributed by atoms with Gasteiger partial charge in [-0.1, -0.05) is 0 Å². The van der Waals surface area contributed by atoms with Crippen LogP contribution in [-0.2, 0) is 6.42 Å². The van der Waals surface area contributed by atoms with E-state index in [1.165, 1.54) is 0 Å². The second kappa shape index (κ2) is 4.61. The van der Waals surface area contributed by atoms with Crippen LogP contribution in [0.5, 0.6) is 0 Å². The van der Waals surface area contributed by atoms with Crippen LogP contribution in [0.15, 0.2) is 27.9 Å². The molecule has 0 aromatic carbocycles. The Morgan fingerprint density at radius 1 is 1.77 bits per heavy atom. The molecule has 13 heavy (non-hydrogen) atoms. The highest BCUT2D eigenvalue weighted by atomic mass is 32.1. The number of nitrogens with two attached hydrogens (primary N) is 1. The van der Waals surface area contributed by atoms with E-state index >= 15 is 0 Å². The summed E-state index contributed by atoms with van der Waals surface area (Å²) < 4.78 is 5.14. The molecule has 3 N–H and O–H groups in total. The molecule has 0 unspecified atom stereocenters. The van der Waals surface area contributed by atoms with Gasteiger partial charge in [-0.15, -0.1) is 0 Å². The number of furan rings is 1. The van der Waals surface area contributed by atoms with E-state index in [4.69, 9.17) is 10.2 Å². The molecule has 1 aromatic rings. The van der Waals surface area contributed by atoms with Gasteiger partial charge in [0, 0.05) is 12.1 Å². The van der Waals surface area contributed by atoms with Crippen LogP contribution in [0.3, 0.4) is 0 Å². The van der Waals surface area contributed by atoms with E-state index in [2.05, 4.69) is 22.7 Å². The third-order valence-electron chi connectivity index (χ3n) is 1.37. The van der Waals surface area contributed by atoms with E-state index in [1.807, 2.05) is 19.1 Å². The molecular weight excluding hydrogens is 186 g/mol. The van der Waals surface area contributed by atoms with Gasteiger partial charge in [-0.05, 0) is 31.3 Å². The van der Waals surface area contributed by atoms with E-state index < -0.39 is 0 Å². The van der Waals surface area contributed by atoms with Gasteiger partial charge in [-0.2, -0.15) is 5.10 Å². The van der Waals surface area contributed by atoms with Crippen molar-refractivity contribution in [2.45, 2.75) is 13.3 Å². The highest BCUT2D eigenvalue weighted by Crippen LogP contribution is 2.01. The Bertz CT molecular complexity index is 305. The Hall–Kier alpha value is -1.36. The highest BCUT2D eigenvalue weighted by Gasteiger charge is 1.97. The first-order valence-electron chi connectivity index (χ1n) is 3.79. The second-order valence-corrected chi connectivity index (χ2v) is 3.02. The molecule has 5 heteroatoms. The molecular formula is C8H11N3OS. The van der Waals surface area contributed by atoms with Crippen LogP contribution in [0.25, 0.3) is 0 Å². The third kappa shape index (κ3) is 3.71. The van der Waals surface area contributed by atoms with Gasteiger partial charge in [-0.25, -0.2) is 0 Å². The molecule has 0 amide bonds. The van der Waals surface area contributed by atoms with Crippen molar-refractivity contribution in [3.63, 3.8) is 0 Å². The minimum absolute atomic E-state index is 0.166. The zero-order chi connectivity index (χ0) is 9.68. The van der Waals surface area contributed by atoms with Crippen molar-refractivity contribution in [3.05, 3.63) is 24.2 Å². The highest BCUT2D eigenvalue weighted by molar-refractivity contribution is 7.80. The van der Waals surface area contributed by atoms with Crippen molar-refractivity contribution in [1.82, 2.24) is 5.43 Å². The van der Waals surface area contributed by atoms with E-state index in [9.17, 15) is 0 Å². The molecule has 0 aliphatic carbocycles. The van der Waals surface area contributed by atoms with Crippen LogP contribution < -0.4 is 11.2 Å². The minimum Gasteiger partial charge on any atom is -0.469 e. The molecule has 0 spiro atoms. The fourth-order valence-electron chi connectivity index (χ4n) is 0.855. The number of rotatable bonds is 3. The Balaban J connectivity index is 2.45. The summed E-state index contributed by atoms with van der Waals surface area (Å²) in [6.07, 6.45) is 2.28. The number of hydrogen-bond donors (Lipinski definition) is 2. The largest absolute Gasteiger partial charge is 0.469 e. The van der Waals surface area contributed by atoms with Gasteiger partial charge >= 0.3 is 0 Å². The lowest BCUT2D eigenvalue weighted by atomic mass is 10.2. The number of nitrogens with zero attached hydrogens (tertiary/aromatic N) is 1. The number of hydrazone groups is 1. The Morgan fingerprint density at radius 2 is 2.54 bits per heavy atom. The van der Waals surface area contributed by atoms with Crippen molar-refractivity contribution in [3.8, 4) is 0 Å². The van der Waals surface area contributed by atoms with Crippen LogP contribution in [0.2, 0.25) is 0 Å². The first-order valence-corrected chi connectivity index (χ1v) is 4.20. The normalized spacial score (nSPS) is 11.3. The van der Waals surface area contributed by atoms with E-state index in [0.29, 0.717) is 6.42 Å². The summed E-state index contributed by atoms with van der Waals surface area (Å²) in [5, 5.41) is 4.10. The molecule has 0 radical (unpaired) electrons. The topological polar surface area (TPSA) is 63.5 Å². The molecule has 4 nitrogen and oxygen atoms in total. The maximum absolute atomic E-state index is 5.20. The van der Waals surface area contributed by atoms with Crippen molar-refractivity contribution < 1.29 is 4.42 Å². The fraction of sp³-hybridized carbons (Fsp3) is 0.250. The van der Waals surface area contributed by atoms with Crippen LogP contribution in [0.4, 0.5) is 0 Å². The lowest BCUT2D eigenvalue weighted by Crippen LogP contribution is -2.25. The molecule has 1 aromatic heterocycles. The average molecular weight is 197 g/mol. The molecule has 1 rings (SSSR count). The summed E-state index contributed by atoms with van der Waals surface area (Å²) in [4.78, 5) is 0. The monoisotopic (exact) mass is 197 g/mol. The zero-order valence-electron chi connectivity index (χ0n) is 7.28. The van der Waals surface area contributed by atoms with Gasteiger partial charge in [0.15, 0.2) is 5.11 Å². The van der Waals surface area contributed by atoms with Crippen LogP contribution >= 0.6 is 12.2 Å². The van der Waals surface area contributed by atoms with Gasteiger partial charge < -0.3 is 10.2 Å². The van der Waals surface area contributed by atoms with Gasteiger partial charge in [0.2, 0.25) is 0 Å². The van der Waals surface area contributed by atoms with Crippen molar-refractivity contribution in [1.29, 1.82) is 0 Å². The maximum Gasteiger partial charge on any atom is 0.184 e. The Labute approximate surface area is 81.8 Å². The maximum atomic E-state index is 5.20. The lowest BCUT2D eigenvalue weighted by molar-refractivity contribution is 0.526. The number of nitrogens with one attached hydrogen (secondary N) is 1. The number of thiocarbonyl (C=S) groups is 1. The molecule has 0 bridgehead atoms. The van der Waals surface area contributed by atoms with Gasteiger partial charge in [0.25, 0.3) is 0 Å². The van der Waals surface area contributed by atoms with Crippen molar-refractivity contribution in [2.24, 2.45) is 10.8 Å². The molecule has 0 fully saturated rings. The molecule has 0 aliphatic heterocycles. The average Bonchev–Trinajstić information content (AvgIpc) is 2.53. The predicted molar refractivity (Wildman–Crippen MR) is 55.4 cm³/mol. The minimum atomic E-state index is 0.166. The zero-order valence-corrected chi connectivity index (χ0v) is 8.10. The first-order chi connectivity index (χ1) is 6.18. The third-order valence-corrected chi connectivity index (χ3v) is 1.46. The van der Waals surface area contributed by atoms with E-state index in [-0.39, 0.29) is 5.11 Å². The summed E-state index contributed by atoms with van der Waals surface area (Å²) in [5.74, 6) is 0.867. The standard InChI is InChI=1S/C8H11N3OS/c1-6(10-11-8(9)13)5-7-3-2-4-12-7/h2-4H,5H2,1H3,(H3,9,11,13). The molecule has 0 aliphatic rings. The summed E-state index contributed by atoms with van der Waals surface area (Å²) in [7, 11) is 0. The molecule has 70 valence electrons. The van der Waals surface area contributed by atoms with Crippen LogP contribution in [0, 0.1) is 0 Å². The van der Waals surface area contributed by atoms with Crippen LogP contribution in [-0.4, -0.2) is 10.8 Å². The summed E-state index contributed by atoms with van der Waals surface area (Å²) in [5.41, 5.74) is 8.58. The quantitative estimate of drug-likeness (QED) is 0.431. The Kier molecular flexibility index (Phi) is 3.45. The smallest absolute Gasteiger partial charge is 0.184 e. The predicted octanol–water partition coefficient (Wildman–Crippen LogP) is 1.03. The number of hydrogen-bond acceptors (Lipinski definition) is 3. The summed E-state index contributed by atoms with van der Waals surface area (Å²) in [6.45, 7) is 1.87. The van der Waals surface area contributed by atoms with Gasteiger partial charge in [0.05, 0.1) is 6.26 Å².